The average molecular weight is 356 g/mol. The lowest BCUT2D eigenvalue weighted by Crippen LogP contribution is -2.24. The van der Waals surface area contributed by atoms with Gasteiger partial charge in [0.15, 0.2) is 17.6 Å². The minimum absolute atomic E-state index is 0.236. The van der Waals surface area contributed by atoms with Gasteiger partial charge in [0.25, 0.3) is 0 Å². The molecule has 0 saturated carbocycles. The molecule has 5 nitrogen and oxygen atoms in total. The van der Waals surface area contributed by atoms with Crippen LogP contribution in [0.3, 0.4) is 0 Å². The quantitative estimate of drug-likeness (QED) is 0.551. The van der Waals surface area contributed by atoms with Gasteiger partial charge in [-0.1, -0.05) is 12.1 Å². The van der Waals surface area contributed by atoms with Crippen molar-refractivity contribution in [3.63, 3.8) is 0 Å². The zero-order valence-corrected chi connectivity index (χ0v) is 15.8. The first-order valence-electron chi connectivity index (χ1n) is 8.50. The van der Waals surface area contributed by atoms with E-state index in [4.69, 9.17) is 14.2 Å². The van der Waals surface area contributed by atoms with Gasteiger partial charge < -0.3 is 14.2 Å². The maximum absolute atomic E-state index is 12.5. The molecule has 1 atom stereocenters. The molecule has 0 heterocycles. The second kappa shape index (κ2) is 8.52. The van der Waals surface area contributed by atoms with Crippen LogP contribution in [0.25, 0.3) is 0 Å². The molecule has 0 amide bonds. The Morgan fingerprint density at radius 2 is 1.65 bits per heavy atom. The first-order chi connectivity index (χ1) is 12.4. The third-order valence-corrected chi connectivity index (χ3v) is 4.14. The molecule has 0 aromatic heterocycles. The number of aryl methyl sites for hydroxylation is 2. The van der Waals surface area contributed by atoms with Crippen LogP contribution in [0.5, 0.6) is 11.5 Å². The number of rotatable bonds is 7. The molecule has 0 radical (unpaired) electrons. The predicted octanol–water partition coefficient (Wildman–Crippen LogP) is 4.14. The van der Waals surface area contributed by atoms with Gasteiger partial charge in [-0.05, 0) is 63.1 Å². The van der Waals surface area contributed by atoms with Crippen LogP contribution < -0.4 is 9.47 Å². The summed E-state index contributed by atoms with van der Waals surface area (Å²) in [5, 5.41) is 0. The second-order valence-corrected chi connectivity index (χ2v) is 6.01. The molecule has 0 aliphatic carbocycles. The first-order valence-corrected chi connectivity index (χ1v) is 8.50. The maximum atomic E-state index is 12.5. The number of hydrogen-bond donors (Lipinski definition) is 0. The number of ether oxygens (including phenoxy) is 3. The van der Waals surface area contributed by atoms with Crippen molar-refractivity contribution in [3.05, 3.63) is 58.7 Å². The Balaban J connectivity index is 2.14. The lowest BCUT2D eigenvalue weighted by atomic mass is 10.0. The molecule has 5 heteroatoms. The van der Waals surface area contributed by atoms with Crippen molar-refractivity contribution in [2.24, 2.45) is 0 Å². The second-order valence-electron chi connectivity index (χ2n) is 6.01. The molecular formula is C21H24O5. The van der Waals surface area contributed by atoms with Crippen LogP contribution in [0.2, 0.25) is 0 Å². The van der Waals surface area contributed by atoms with Crippen LogP contribution in [0.1, 0.15) is 45.7 Å². The Bertz CT molecular complexity index is 810. The zero-order chi connectivity index (χ0) is 19.3. The predicted molar refractivity (Wildman–Crippen MR) is 99.3 cm³/mol. The third kappa shape index (κ3) is 4.42. The summed E-state index contributed by atoms with van der Waals surface area (Å²) in [5.74, 6) is 0.165. The van der Waals surface area contributed by atoms with Gasteiger partial charge in [-0.25, -0.2) is 4.79 Å². The van der Waals surface area contributed by atoms with Crippen LogP contribution in [0.15, 0.2) is 36.4 Å². The van der Waals surface area contributed by atoms with E-state index in [-0.39, 0.29) is 5.78 Å². The molecule has 0 aliphatic rings. The molecule has 26 heavy (non-hydrogen) atoms. The Kier molecular flexibility index (Phi) is 6.39. The standard InChI is InChI=1S/C21H24O5/c1-6-25-19-12-17(9-10-18(19)24-5)21(23)26-15(4)20(22)16-8-7-13(2)14(3)11-16/h7-12,15H,6H2,1-5H3. The molecule has 2 aromatic carbocycles. The van der Waals surface area contributed by atoms with E-state index < -0.39 is 12.1 Å². The topological polar surface area (TPSA) is 61.8 Å². The van der Waals surface area contributed by atoms with Crippen molar-refractivity contribution >= 4 is 11.8 Å². The molecule has 1 unspecified atom stereocenters. The van der Waals surface area contributed by atoms with Crippen molar-refractivity contribution in [1.29, 1.82) is 0 Å². The smallest absolute Gasteiger partial charge is 0.338 e. The summed E-state index contributed by atoms with van der Waals surface area (Å²) in [6.45, 7) is 7.77. The SMILES string of the molecule is CCOc1cc(C(=O)OC(C)C(=O)c2ccc(C)c(C)c2)ccc1OC. The van der Waals surface area contributed by atoms with Gasteiger partial charge in [0.05, 0.1) is 19.3 Å². The number of carbonyl (C=O) groups excluding carboxylic acids is 2. The minimum Gasteiger partial charge on any atom is -0.493 e. The van der Waals surface area contributed by atoms with Gasteiger partial charge in [0.1, 0.15) is 0 Å². The summed E-state index contributed by atoms with van der Waals surface area (Å²) in [4.78, 5) is 24.9. The fraction of sp³-hybridized carbons (Fsp3) is 0.333. The van der Waals surface area contributed by atoms with Crippen LogP contribution in [-0.2, 0) is 4.74 Å². The summed E-state index contributed by atoms with van der Waals surface area (Å²) in [7, 11) is 1.53. The first kappa shape index (κ1) is 19.5. The van der Waals surface area contributed by atoms with Crippen molar-refractivity contribution in [2.75, 3.05) is 13.7 Å². The number of esters is 1. The highest BCUT2D eigenvalue weighted by atomic mass is 16.5. The van der Waals surface area contributed by atoms with Gasteiger partial charge in [-0.2, -0.15) is 0 Å². The Labute approximate surface area is 153 Å². The van der Waals surface area contributed by atoms with Crippen LogP contribution in [0, 0.1) is 13.8 Å². The lowest BCUT2D eigenvalue weighted by molar-refractivity contribution is 0.0318. The molecule has 2 rings (SSSR count). The molecule has 0 bridgehead atoms. The Morgan fingerprint density at radius 3 is 2.27 bits per heavy atom. The molecule has 0 spiro atoms. The van der Waals surface area contributed by atoms with E-state index in [0.717, 1.165) is 11.1 Å². The van der Waals surface area contributed by atoms with Crippen molar-refractivity contribution in [1.82, 2.24) is 0 Å². The van der Waals surface area contributed by atoms with Gasteiger partial charge in [-0.3, -0.25) is 4.79 Å². The number of carbonyl (C=O) groups is 2. The minimum atomic E-state index is -0.887. The van der Waals surface area contributed by atoms with Gasteiger partial charge >= 0.3 is 5.97 Å². The summed E-state index contributed by atoms with van der Waals surface area (Å²) >= 11 is 0. The summed E-state index contributed by atoms with van der Waals surface area (Å²) < 4.78 is 16.0. The zero-order valence-electron chi connectivity index (χ0n) is 15.8. The largest absolute Gasteiger partial charge is 0.493 e. The highest BCUT2D eigenvalue weighted by molar-refractivity contribution is 6.01. The van der Waals surface area contributed by atoms with Gasteiger partial charge in [0, 0.05) is 5.56 Å². The molecule has 0 saturated heterocycles. The van der Waals surface area contributed by atoms with Crippen molar-refractivity contribution < 1.29 is 23.8 Å². The average Bonchev–Trinajstić information content (AvgIpc) is 2.63. The molecule has 2 aromatic rings. The highest BCUT2D eigenvalue weighted by Gasteiger charge is 2.21. The van der Waals surface area contributed by atoms with E-state index in [2.05, 4.69) is 0 Å². The van der Waals surface area contributed by atoms with Gasteiger partial charge in [0.2, 0.25) is 5.78 Å². The summed E-state index contributed by atoms with van der Waals surface area (Å²) in [6, 6.07) is 10.2. The number of methoxy groups -OCH3 is 1. The third-order valence-electron chi connectivity index (χ3n) is 4.14. The number of ketones is 1. The Morgan fingerprint density at radius 1 is 0.962 bits per heavy atom. The van der Waals surface area contributed by atoms with E-state index in [1.54, 1.807) is 31.2 Å². The normalized spacial score (nSPS) is 11.6. The molecule has 0 N–H and O–H groups in total. The number of benzene rings is 2. The van der Waals surface area contributed by atoms with Crippen LogP contribution in [0.4, 0.5) is 0 Å². The maximum Gasteiger partial charge on any atom is 0.338 e. The lowest BCUT2D eigenvalue weighted by Gasteiger charge is -2.14. The van der Waals surface area contributed by atoms with Gasteiger partial charge in [-0.15, -0.1) is 0 Å². The summed E-state index contributed by atoms with van der Waals surface area (Å²) in [5.41, 5.74) is 2.95. The summed E-state index contributed by atoms with van der Waals surface area (Å²) in [6.07, 6.45) is -0.887. The molecule has 0 aliphatic heterocycles. The van der Waals surface area contributed by atoms with E-state index in [9.17, 15) is 9.59 Å². The van der Waals surface area contributed by atoms with E-state index in [1.807, 2.05) is 32.9 Å². The fourth-order valence-electron chi connectivity index (χ4n) is 2.48. The van der Waals surface area contributed by atoms with Crippen molar-refractivity contribution in [3.8, 4) is 11.5 Å². The molecule has 138 valence electrons. The van der Waals surface area contributed by atoms with Crippen LogP contribution in [-0.4, -0.2) is 31.6 Å². The molecule has 0 fully saturated rings. The highest BCUT2D eigenvalue weighted by Crippen LogP contribution is 2.28. The van der Waals surface area contributed by atoms with E-state index >= 15 is 0 Å². The van der Waals surface area contributed by atoms with Crippen LogP contribution >= 0.6 is 0 Å². The molecular weight excluding hydrogens is 332 g/mol. The Hall–Kier alpha value is -2.82. The number of hydrogen-bond acceptors (Lipinski definition) is 5. The number of Topliss-reactive ketones (excluding diaryl/α,β-unsaturated/α-hetero) is 1. The fourth-order valence-corrected chi connectivity index (χ4v) is 2.48. The van der Waals surface area contributed by atoms with Crippen molar-refractivity contribution in [2.45, 2.75) is 33.8 Å². The van der Waals surface area contributed by atoms with E-state index in [0.29, 0.717) is 29.2 Å². The van der Waals surface area contributed by atoms with E-state index in [1.165, 1.54) is 7.11 Å². The monoisotopic (exact) mass is 356 g/mol.